The molecule has 3 aromatic rings. The van der Waals surface area contributed by atoms with Crippen molar-refractivity contribution in [3.05, 3.63) is 65.9 Å². The van der Waals surface area contributed by atoms with Crippen molar-refractivity contribution in [1.29, 1.82) is 0 Å². The molecule has 0 aliphatic heterocycles. The third-order valence-corrected chi connectivity index (χ3v) is 3.59. The standard InChI is InChI=1S/C20H20N2O4/c1-20(2,3)26-19(24)22-17-11-15(9-10-16(17)12-21-22)18(23)25-13-14-7-5-4-6-8-14/h4-12H,13H2,1-3H3. The third kappa shape index (κ3) is 4.08. The summed E-state index contributed by atoms with van der Waals surface area (Å²) in [5.41, 5.74) is 1.11. The maximum Gasteiger partial charge on any atom is 0.435 e. The van der Waals surface area contributed by atoms with Crippen molar-refractivity contribution in [3.63, 3.8) is 0 Å². The molecule has 26 heavy (non-hydrogen) atoms. The van der Waals surface area contributed by atoms with Gasteiger partial charge in [0, 0.05) is 5.39 Å². The molecule has 0 bridgehead atoms. The summed E-state index contributed by atoms with van der Waals surface area (Å²) < 4.78 is 11.8. The third-order valence-electron chi connectivity index (χ3n) is 3.59. The van der Waals surface area contributed by atoms with E-state index in [1.807, 2.05) is 30.3 Å². The summed E-state index contributed by atoms with van der Waals surface area (Å²) in [5, 5.41) is 4.80. The van der Waals surface area contributed by atoms with E-state index >= 15 is 0 Å². The zero-order chi connectivity index (χ0) is 18.7. The summed E-state index contributed by atoms with van der Waals surface area (Å²) in [6.07, 6.45) is 0.959. The van der Waals surface area contributed by atoms with Crippen LogP contribution < -0.4 is 0 Å². The zero-order valence-corrected chi connectivity index (χ0v) is 14.9. The molecule has 6 nitrogen and oxygen atoms in total. The molecule has 134 valence electrons. The maximum atomic E-state index is 12.3. The van der Waals surface area contributed by atoms with Crippen molar-refractivity contribution < 1.29 is 19.1 Å². The molecule has 0 aliphatic rings. The van der Waals surface area contributed by atoms with Gasteiger partial charge in [-0.3, -0.25) is 0 Å². The highest BCUT2D eigenvalue weighted by Gasteiger charge is 2.20. The van der Waals surface area contributed by atoms with Crippen LogP contribution in [-0.2, 0) is 16.1 Å². The quantitative estimate of drug-likeness (QED) is 0.662. The van der Waals surface area contributed by atoms with E-state index in [0.717, 1.165) is 15.6 Å². The molecule has 3 rings (SSSR count). The van der Waals surface area contributed by atoms with E-state index in [4.69, 9.17) is 9.47 Å². The minimum Gasteiger partial charge on any atom is -0.457 e. The normalized spacial score (nSPS) is 11.3. The van der Waals surface area contributed by atoms with Gasteiger partial charge in [0.1, 0.15) is 12.2 Å². The van der Waals surface area contributed by atoms with Gasteiger partial charge in [-0.15, -0.1) is 0 Å². The van der Waals surface area contributed by atoms with Crippen molar-refractivity contribution in [1.82, 2.24) is 9.78 Å². The average molecular weight is 352 g/mol. The number of ether oxygens (including phenoxy) is 2. The van der Waals surface area contributed by atoms with Crippen LogP contribution in [-0.4, -0.2) is 27.4 Å². The lowest BCUT2D eigenvalue weighted by Gasteiger charge is -2.19. The van der Waals surface area contributed by atoms with E-state index in [2.05, 4.69) is 5.10 Å². The van der Waals surface area contributed by atoms with Crippen LogP contribution in [0.1, 0.15) is 36.7 Å². The first-order valence-electron chi connectivity index (χ1n) is 8.26. The summed E-state index contributed by atoms with van der Waals surface area (Å²) in [6, 6.07) is 14.4. The number of hydrogen-bond acceptors (Lipinski definition) is 5. The lowest BCUT2D eigenvalue weighted by molar-refractivity contribution is 0.0469. The molecule has 2 aromatic carbocycles. The molecule has 0 saturated carbocycles. The van der Waals surface area contributed by atoms with Crippen LogP contribution in [0.4, 0.5) is 4.79 Å². The number of aromatic nitrogens is 2. The van der Waals surface area contributed by atoms with Crippen molar-refractivity contribution in [2.75, 3.05) is 0 Å². The first kappa shape index (κ1) is 17.7. The Morgan fingerprint density at radius 3 is 2.50 bits per heavy atom. The minimum atomic E-state index is -0.637. The molecule has 0 atom stereocenters. The van der Waals surface area contributed by atoms with Crippen LogP contribution in [0.15, 0.2) is 54.7 Å². The molecule has 1 heterocycles. The van der Waals surface area contributed by atoms with Crippen molar-refractivity contribution in [3.8, 4) is 0 Å². The molecule has 0 saturated heterocycles. The largest absolute Gasteiger partial charge is 0.457 e. The average Bonchev–Trinajstić information content (AvgIpc) is 3.02. The Bertz CT molecular complexity index is 939. The highest BCUT2D eigenvalue weighted by molar-refractivity contribution is 5.96. The van der Waals surface area contributed by atoms with Gasteiger partial charge in [-0.05, 0) is 38.5 Å². The summed E-state index contributed by atoms with van der Waals surface area (Å²) in [5.74, 6) is -0.465. The van der Waals surface area contributed by atoms with Gasteiger partial charge in [0.2, 0.25) is 0 Å². The first-order chi connectivity index (χ1) is 12.3. The summed E-state index contributed by atoms with van der Waals surface area (Å²) >= 11 is 0. The van der Waals surface area contributed by atoms with E-state index in [0.29, 0.717) is 11.1 Å². The smallest absolute Gasteiger partial charge is 0.435 e. The molecule has 6 heteroatoms. The van der Waals surface area contributed by atoms with Gasteiger partial charge in [-0.25, -0.2) is 9.59 Å². The van der Waals surface area contributed by atoms with Crippen molar-refractivity contribution in [2.45, 2.75) is 33.0 Å². The van der Waals surface area contributed by atoms with Gasteiger partial charge < -0.3 is 9.47 Å². The number of rotatable bonds is 3. The highest BCUT2D eigenvalue weighted by Crippen LogP contribution is 2.19. The number of fused-ring (bicyclic) bond motifs is 1. The fourth-order valence-electron chi connectivity index (χ4n) is 2.40. The molecular weight excluding hydrogens is 332 g/mol. The summed E-state index contributed by atoms with van der Waals surface area (Å²) in [7, 11) is 0. The van der Waals surface area contributed by atoms with Crippen LogP contribution in [0.5, 0.6) is 0 Å². The first-order valence-corrected chi connectivity index (χ1v) is 8.26. The second kappa shape index (κ2) is 7.00. The Morgan fingerprint density at radius 1 is 1.08 bits per heavy atom. The Labute approximate surface area is 151 Å². The monoisotopic (exact) mass is 352 g/mol. The van der Waals surface area contributed by atoms with Crippen LogP contribution in [0, 0.1) is 0 Å². The molecular formula is C20H20N2O4. The summed E-state index contributed by atoms with van der Waals surface area (Å²) in [6.45, 7) is 5.53. The van der Waals surface area contributed by atoms with E-state index < -0.39 is 17.7 Å². The van der Waals surface area contributed by atoms with E-state index in [1.54, 1.807) is 45.2 Å². The molecule has 0 amide bonds. The van der Waals surface area contributed by atoms with Gasteiger partial charge in [0.15, 0.2) is 0 Å². The van der Waals surface area contributed by atoms with Gasteiger partial charge in [-0.1, -0.05) is 36.4 Å². The fraction of sp³-hybridized carbons (Fsp3) is 0.250. The zero-order valence-electron chi connectivity index (χ0n) is 14.9. The number of nitrogens with zero attached hydrogens (tertiary/aromatic N) is 2. The second-order valence-electron chi connectivity index (χ2n) is 6.87. The maximum absolute atomic E-state index is 12.3. The predicted octanol–water partition coefficient (Wildman–Crippen LogP) is 4.18. The van der Waals surface area contributed by atoms with Crippen molar-refractivity contribution in [2.24, 2.45) is 0 Å². The Kier molecular flexibility index (Phi) is 4.75. The molecule has 0 N–H and O–H groups in total. The molecule has 0 spiro atoms. The number of hydrogen-bond donors (Lipinski definition) is 0. The molecule has 1 aromatic heterocycles. The van der Waals surface area contributed by atoms with Gasteiger partial charge in [-0.2, -0.15) is 9.78 Å². The Balaban J connectivity index is 1.80. The van der Waals surface area contributed by atoms with Crippen LogP contribution >= 0.6 is 0 Å². The molecule has 0 radical (unpaired) electrons. The Hall–Kier alpha value is -3.15. The highest BCUT2D eigenvalue weighted by atomic mass is 16.6. The predicted molar refractivity (Wildman–Crippen MR) is 96.9 cm³/mol. The number of carbonyl (C=O) groups is 2. The molecule has 0 fully saturated rings. The van der Waals surface area contributed by atoms with E-state index in [1.165, 1.54) is 0 Å². The number of benzene rings is 2. The van der Waals surface area contributed by atoms with Crippen molar-refractivity contribution >= 4 is 23.0 Å². The SMILES string of the molecule is CC(C)(C)OC(=O)n1ncc2ccc(C(=O)OCc3ccccc3)cc21. The van der Waals surface area contributed by atoms with Crippen LogP contribution in [0.2, 0.25) is 0 Å². The fourth-order valence-corrected chi connectivity index (χ4v) is 2.40. The van der Waals surface area contributed by atoms with Crippen LogP contribution in [0.3, 0.4) is 0 Å². The van der Waals surface area contributed by atoms with Crippen LogP contribution in [0.25, 0.3) is 10.9 Å². The van der Waals surface area contributed by atoms with Gasteiger partial charge >= 0.3 is 12.1 Å². The minimum absolute atomic E-state index is 0.184. The number of carbonyl (C=O) groups excluding carboxylic acids is 2. The van der Waals surface area contributed by atoms with Gasteiger partial charge in [0.05, 0.1) is 17.3 Å². The molecule has 0 aliphatic carbocycles. The Morgan fingerprint density at radius 2 is 1.81 bits per heavy atom. The number of esters is 1. The summed E-state index contributed by atoms with van der Waals surface area (Å²) in [4.78, 5) is 24.6. The molecule has 0 unspecified atom stereocenters. The lowest BCUT2D eigenvalue weighted by atomic mass is 10.1. The van der Waals surface area contributed by atoms with E-state index in [9.17, 15) is 9.59 Å². The lowest BCUT2D eigenvalue weighted by Crippen LogP contribution is -2.27. The van der Waals surface area contributed by atoms with E-state index in [-0.39, 0.29) is 6.61 Å². The topological polar surface area (TPSA) is 70.4 Å². The van der Waals surface area contributed by atoms with Gasteiger partial charge in [0.25, 0.3) is 0 Å². The second-order valence-corrected chi connectivity index (χ2v) is 6.87.